The van der Waals surface area contributed by atoms with Crippen molar-refractivity contribution in [2.75, 3.05) is 7.11 Å². The van der Waals surface area contributed by atoms with Crippen molar-refractivity contribution in [3.05, 3.63) is 82.6 Å². The molecule has 0 N–H and O–H groups in total. The highest BCUT2D eigenvalue weighted by molar-refractivity contribution is 7.15. The third-order valence-electron chi connectivity index (χ3n) is 4.48. The molecular weight excluding hydrogens is 345 g/mol. The van der Waals surface area contributed by atoms with E-state index in [2.05, 4.69) is 36.2 Å². The molecular formula is C22H18FNOS. The third-order valence-corrected chi connectivity index (χ3v) is 5.58. The smallest absolute Gasteiger partial charge is 0.213 e. The van der Waals surface area contributed by atoms with E-state index in [0.717, 1.165) is 28.0 Å². The van der Waals surface area contributed by atoms with Gasteiger partial charge in [0.2, 0.25) is 5.95 Å². The van der Waals surface area contributed by atoms with E-state index >= 15 is 0 Å². The average Bonchev–Trinajstić information content (AvgIpc) is 3.11. The fraction of sp³-hybridized carbons (Fsp3) is 0.136. The lowest BCUT2D eigenvalue weighted by molar-refractivity contribution is 0.415. The molecule has 0 saturated heterocycles. The van der Waals surface area contributed by atoms with E-state index < -0.39 is 5.95 Å². The molecule has 2 aromatic heterocycles. The van der Waals surface area contributed by atoms with Crippen molar-refractivity contribution in [3.63, 3.8) is 0 Å². The van der Waals surface area contributed by atoms with Gasteiger partial charge in [-0.1, -0.05) is 36.4 Å². The van der Waals surface area contributed by atoms with Gasteiger partial charge in [-0.05, 0) is 42.1 Å². The van der Waals surface area contributed by atoms with Crippen LogP contribution in [0.25, 0.3) is 21.3 Å². The molecule has 0 unspecified atom stereocenters. The number of methoxy groups -OCH3 is 1. The highest BCUT2D eigenvalue weighted by atomic mass is 32.1. The van der Waals surface area contributed by atoms with Crippen molar-refractivity contribution < 1.29 is 9.13 Å². The molecule has 0 fully saturated rings. The minimum Gasteiger partial charge on any atom is -0.496 e. The van der Waals surface area contributed by atoms with E-state index in [-0.39, 0.29) is 0 Å². The first-order valence-electron chi connectivity index (χ1n) is 8.42. The zero-order valence-corrected chi connectivity index (χ0v) is 15.4. The van der Waals surface area contributed by atoms with Gasteiger partial charge in [-0.2, -0.15) is 4.39 Å². The number of pyridine rings is 1. The molecule has 0 aliphatic carbocycles. The van der Waals surface area contributed by atoms with E-state index in [1.165, 1.54) is 21.9 Å². The molecule has 2 aromatic carbocycles. The molecule has 0 amide bonds. The number of halogens is 1. The molecule has 4 aromatic rings. The number of aromatic nitrogens is 1. The van der Waals surface area contributed by atoms with Gasteiger partial charge in [0.1, 0.15) is 5.75 Å². The second-order valence-electron chi connectivity index (χ2n) is 6.22. The standard InChI is InChI=1S/C22H18FNOS/c1-14-12-15(22(25-2)18-7-4-3-6-17(14)18)13-16-10-11-20(26-16)19-8-5-9-21(23)24-19/h3-12H,13H2,1-2H3. The fourth-order valence-corrected chi connectivity index (χ4v) is 4.32. The Morgan fingerprint density at radius 2 is 1.81 bits per heavy atom. The van der Waals surface area contributed by atoms with Crippen LogP contribution in [-0.4, -0.2) is 12.1 Å². The Balaban J connectivity index is 1.72. The summed E-state index contributed by atoms with van der Waals surface area (Å²) in [5.41, 5.74) is 3.06. The number of hydrogen-bond acceptors (Lipinski definition) is 3. The lowest BCUT2D eigenvalue weighted by Crippen LogP contribution is -1.95. The predicted octanol–water partition coefficient (Wildman–Crippen LogP) is 6.01. The van der Waals surface area contributed by atoms with Gasteiger partial charge in [0.25, 0.3) is 0 Å². The van der Waals surface area contributed by atoms with Crippen molar-refractivity contribution in [1.82, 2.24) is 4.98 Å². The second kappa shape index (κ2) is 6.89. The molecule has 4 heteroatoms. The number of aryl methyl sites for hydroxylation is 1. The Kier molecular flexibility index (Phi) is 4.43. The third kappa shape index (κ3) is 3.08. The predicted molar refractivity (Wildman–Crippen MR) is 106 cm³/mol. The van der Waals surface area contributed by atoms with Gasteiger partial charge in [-0.3, -0.25) is 0 Å². The normalized spacial score (nSPS) is 11.0. The van der Waals surface area contributed by atoms with E-state index in [1.807, 2.05) is 24.3 Å². The van der Waals surface area contributed by atoms with E-state index in [0.29, 0.717) is 5.69 Å². The van der Waals surface area contributed by atoms with Crippen LogP contribution < -0.4 is 4.74 Å². The van der Waals surface area contributed by atoms with Crippen LogP contribution in [0.1, 0.15) is 16.0 Å². The zero-order chi connectivity index (χ0) is 18.1. The maximum atomic E-state index is 13.4. The summed E-state index contributed by atoms with van der Waals surface area (Å²) in [6, 6.07) is 19.5. The summed E-state index contributed by atoms with van der Waals surface area (Å²) in [6.45, 7) is 2.13. The number of rotatable bonds is 4. The first-order chi connectivity index (χ1) is 12.7. The maximum absolute atomic E-state index is 13.4. The number of ether oxygens (including phenoxy) is 1. The summed E-state index contributed by atoms with van der Waals surface area (Å²) in [7, 11) is 1.72. The van der Waals surface area contributed by atoms with Crippen molar-refractivity contribution in [1.29, 1.82) is 0 Å². The van der Waals surface area contributed by atoms with Gasteiger partial charge < -0.3 is 4.74 Å². The SMILES string of the molecule is COc1c(Cc2ccc(-c3cccc(F)n3)s2)cc(C)c2ccccc12. The Hall–Kier alpha value is -2.72. The summed E-state index contributed by atoms with van der Waals surface area (Å²) in [5.74, 6) is 0.467. The van der Waals surface area contributed by atoms with Crippen molar-refractivity contribution >= 4 is 22.1 Å². The minimum atomic E-state index is -0.454. The van der Waals surface area contributed by atoms with Crippen molar-refractivity contribution in [2.24, 2.45) is 0 Å². The minimum absolute atomic E-state index is 0.454. The summed E-state index contributed by atoms with van der Waals surface area (Å²) in [4.78, 5) is 6.13. The topological polar surface area (TPSA) is 22.1 Å². The van der Waals surface area contributed by atoms with Crippen molar-refractivity contribution in [3.8, 4) is 16.3 Å². The maximum Gasteiger partial charge on any atom is 0.213 e. The lowest BCUT2D eigenvalue weighted by atomic mass is 9.98. The summed E-state index contributed by atoms with van der Waals surface area (Å²) >= 11 is 1.64. The molecule has 0 spiro atoms. The molecule has 0 aliphatic heterocycles. The first kappa shape index (κ1) is 16.7. The molecule has 0 radical (unpaired) electrons. The molecule has 4 rings (SSSR count). The molecule has 0 aliphatic rings. The lowest BCUT2D eigenvalue weighted by Gasteiger charge is -2.13. The van der Waals surface area contributed by atoms with Gasteiger partial charge in [0.15, 0.2) is 0 Å². The highest BCUT2D eigenvalue weighted by Crippen LogP contribution is 2.35. The average molecular weight is 363 g/mol. The number of fused-ring (bicyclic) bond motifs is 1. The van der Waals surface area contributed by atoms with Crippen LogP contribution in [0.15, 0.2) is 60.7 Å². The van der Waals surface area contributed by atoms with Crippen LogP contribution in [0.2, 0.25) is 0 Å². The summed E-state index contributed by atoms with van der Waals surface area (Å²) in [6.07, 6.45) is 0.773. The summed E-state index contributed by atoms with van der Waals surface area (Å²) < 4.78 is 19.1. The molecule has 0 atom stereocenters. The van der Waals surface area contributed by atoms with E-state index in [9.17, 15) is 4.39 Å². The van der Waals surface area contributed by atoms with E-state index in [4.69, 9.17) is 4.74 Å². The number of thiophene rings is 1. The van der Waals surface area contributed by atoms with Crippen LogP contribution in [0, 0.1) is 12.9 Å². The Bertz CT molecular complexity index is 1090. The van der Waals surface area contributed by atoms with Gasteiger partial charge >= 0.3 is 0 Å². The van der Waals surface area contributed by atoms with Crippen LogP contribution in [0.4, 0.5) is 4.39 Å². The van der Waals surface area contributed by atoms with E-state index in [1.54, 1.807) is 24.5 Å². The Morgan fingerprint density at radius 3 is 2.58 bits per heavy atom. The molecule has 130 valence electrons. The molecule has 26 heavy (non-hydrogen) atoms. The number of hydrogen-bond donors (Lipinski definition) is 0. The largest absolute Gasteiger partial charge is 0.496 e. The monoisotopic (exact) mass is 363 g/mol. The van der Waals surface area contributed by atoms with Crippen LogP contribution in [0.5, 0.6) is 5.75 Å². The fourth-order valence-electron chi connectivity index (χ4n) is 3.32. The number of nitrogens with zero attached hydrogens (tertiary/aromatic N) is 1. The quantitative estimate of drug-likeness (QED) is 0.414. The molecule has 0 bridgehead atoms. The molecule has 2 heterocycles. The Morgan fingerprint density at radius 1 is 1.00 bits per heavy atom. The van der Waals surface area contributed by atoms with Crippen LogP contribution >= 0.6 is 11.3 Å². The van der Waals surface area contributed by atoms with Gasteiger partial charge in [0.05, 0.1) is 17.7 Å². The molecule has 2 nitrogen and oxygen atoms in total. The van der Waals surface area contributed by atoms with Crippen LogP contribution in [-0.2, 0) is 6.42 Å². The first-order valence-corrected chi connectivity index (χ1v) is 9.24. The zero-order valence-electron chi connectivity index (χ0n) is 14.6. The van der Waals surface area contributed by atoms with Crippen LogP contribution in [0.3, 0.4) is 0 Å². The summed E-state index contributed by atoms with van der Waals surface area (Å²) in [5, 5.41) is 2.34. The number of benzene rings is 2. The van der Waals surface area contributed by atoms with Gasteiger partial charge in [-0.25, -0.2) is 4.98 Å². The Labute approximate surface area is 155 Å². The highest BCUT2D eigenvalue weighted by Gasteiger charge is 2.13. The van der Waals surface area contributed by atoms with Gasteiger partial charge in [0, 0.05) is 22.2 Å². The van der Waals surface area contributed by atoms with Crippen molar-refractivity contribution in [2.45, 2.75) is 13.3 Å². The second-order valence-corrected chi connectivity index (χ2v) is 7.39. The van der Waals surface area contributed by atoms with Gasteiger partial charge in [-0.15, -0.1) is 11.3 Å². The molecule has 0 saturated carbocycles.